The van der Waals surface area contributed by atoms with Gasteiger partial charge >= 0.3 is 12.0 Å². The van der Waals surface area contributed by atoms with Crippen LogP contribution in [0.2, 0.25) is 0 Å². The SMILES string of the molecule is COC(=O)[C@H](C(C)C)N(C)C(=O)N1CCN(C(=O)[C@@H]2CN2C(c2ccccc2)(c2ccccc2)c2ccccc2)CC1. The summed E-state index contributed by atoms with van der Waals surface area (Å²) in [4.78, 5) is 46.9. The predicted octanol–water partition coefficient (Wildman–Crippen LogP) is 4.06. The van der Waals surface area contributed by atoms with Gasteiger partial charge in [-0.05, 0) is 22.6 Å². The van der Waals surface area contributed by atoms with Crippen molar-refractivity contribution in [3.05, 3.63) is 108 Å². The largest absolute Gasteiger partial charge is 0.467 e. The number of hydrogen-bond acceptors (Lipinski definition) is 5. The van der Waals surface area contributed by atoms with E-state index in [1.807, 2.05) is 73.3 Å². The van der Waals surface area contributed by atoms with Crippen molar-refractivity contribution < 1.29 is 19.1 Å². The fourth-order valence-corrected chi connectivity index (χ4v) is 6.43. The Labute approximate surface area is 248 Å². The van der Waals surface area contributed by atoms with Crippen molar-refractivity contribution in [2.45, 2.75) is 31.5 Å². The molecule has 0 aliphatic carbocycles. The second-order valence-electron chi connectivity index (χ2n) is 11.4. The first-order chi connectivity index (χ1) is 20.3. The first kappa shape index (κ1) is 29.3. The molecule has 8 nitrogen and oxygen atoms in total. The zero-order chi connectivity index (χ0) is 29.9. The quantitative estimate of drug-likeness (QED) is 0.233. The van der Waals surface area contributed by atoms with Crippen molar-refractivity contribution in [2.24, 2.45) is 5.92 Å². The molecule has 0 radical (unpaired) electrons. The van der Waals surface area contributed by atoms with E-state index in [0.717, 1.165) is 16.7 Å². The van der Waals surface area contributed by atoms with E-state index >= 15 is 0 Å². The van der Waals surface area contributed by atoms with Gasteiger partial charge in [0.1, 0.15) is 12.1 Å². The molecule has 2 heterocycles. The molecule has 0 N–H and O–H groups in total. The van der Waals surface area contributed by atoms with Crippen LogP contribution in [0.1, 0.15) is 30.5 Å². The van der Waals surface area contributed by atoms with Gasteiger partial charge in [-0.3, -0.25) is 9.69 Å². The first-order valence-corrected chi connectivity index (χ1v) is 14.6. The van der Waals surface area contributed by atoms with Crippen molar-refractivity contribution in [3.8, 4) is 0 Å². The summed E-state index contributed by atoms with van der Waals surface area (Å²) in [7, 11) is 2.98. The molecule has 1 unspecified atom stereocenters. The molecule has 2 fully saturated rings. The fourth-order valence-electron chi connectivity index (χ4n) is 6.43. The van der Waals surface area contributed by atoms with Crippen LogP contribution in [-0.2, 0) is 19.9 Å². The molecule has 2 aliphatic rings. The van der Waals surface area contributed by atoms with Crippen molar-refractivity contribution >= 4 is 17.9 Å². The van der Waals surface area contributed by atoms with E-state index in [-0.39, 0.29) is 23.9 Å². The minimum absolute atomic E-state index is 0.0808. The highest BCUT2D eigenvalue weighted by molar-refractivity contribution is 5.86. The molecule has 8 heteroatoms. The van der Waals surface area contributed by atoms with E-state index in [2.05, 4.69) is 41.3 Å². The number of carbonyl (C=O) groups excluding carboxylic acids is 3. The predicted molar refractivity (Wildman–Crippen MR) is 162 cm³/mol. The molecular formula is C34H40N4O4. The van der Waals surface area contributed by atoms with Gasteiger partial charge < -0.3 is 19.4 Å². The Balaban J connectivity index is 1.35. The number of carbonyl (C=O) groups is 3. The standard InChI is InChI=1S/C34H40N4O4/c1-25(2)30(32(40)42-4)35(3)33(41)37-22-20-36(21-23-37)31(39)29-24-38(29)34(26-14-8-5-9-15-26,27-16-10-6-11-17-27)28-18-12-7-13-19-28/h5-19,25,29-30H,20-24H2,1-4H3/t29-,30-,38?/m0/s1. The second kappa shape index (κ2) is 12.4. The summed E-state index contributed by atoms with van der Waals surface area (Å²) in [5.74, 6) is -0.436. The smallest absolute Gasteiger partial charge is 0.328 e. The van der Waals surface area contributed by atoms with Crippen LogP contribution >= 0.6 is 0 Å². The summed E-state index contributed by atoms with van der Waals surface area (Å²) in [5, 5.41) is 0. The summed E-state index contributed by atoms with van der Waals surface area (Å²) < 4.78 is 4.94. The number of nitrogens with zero attached hydrogens (tertiary/aromatic N) is 4. The summed E-state index contributed by atoms with van der Waals surface area (Å²) in [5.41, 5.74) is 2.72. The van der Waals surface area contributed by atoms with Crippen LogP contribution in [0.15, 0.2) is 91.0 Å². The number of methoxy groups -OCH3 is 1. The van der Waals surface area contributed by atoms with Crippen molar-refractivity contribution in [1.29, 1.82) is 0 Å². The summed E-state index contributed by atoms with van der Waals surface area (Å²) in [6.45, 7) is 6.14. The second-order valence-corrected chi connectivity index (χ2v) is 11.4. The maximum absolute atomic E-state index is 14.0. The van der Waals surface area contributed by atoms with Crippen LogP contribution in [0, 0.1) is 5.92 Å². The molecule has 0 spiro atoms. The van der Waals surface area contributed by atoms with Crippen LogP contribution < -0.4 is 0 Å². The van der Waals surface area contributed by atoms with Crippen molar-refractivity contribution in [3.63, 3.8) is 0 Å². The number of esters is 1. The number of ether oxygens (including phenoxy) is 1. The Morgan fingerprint density at radius 3 is 1.60 bits per heavy atom. The Bertz CT molecular complexity index is 1280. The number of amides is 3. The lowest BCUT2D eigenvalue weighted by Gasteiger charge is -2.40. The molecule has 220 valence electrons. The topological polar surface area (TPSA) is 73.2 Å². The Morgan fingerprint density at radius 2 is 1.19 bits per heavy atom. The lowest BCUT2D eigenvalue weighted by Crippen LogP contribution is -2.57. The number of piperazine rings is 1. The Hall–Kier alpha value is -4.17. The van der Waals surface area contributed by atoms with Crippen LogP contribution in [-0.4, -0.2) is 96.5 Å². The van der Waals surface area contributed by atoms with Crippen LogP contribution in [0.5, 0.6) is 0 Å². The van der Waals surface area contributed by atoms with E-state index in [4.69, 9.17) is 4.74 Å². The van der Waals surface area contributed by atoms with E-state index in [0.29, 0.717) is 32.7 Å². The molecule has 3 atom stereocenters. The Morgan fingerprint density at radius 1 is 0.762 bits per heavy atom. The molecule has 0 bridgehead atoms. The van der Waals surface area contributed by atoms with Gasteiger partial charge in [0, 0.05) is 39.8 Å². The van der Waals surface area contributed by atoms with E-state index < -0.39 is 17.6 Å². The minimum Gasteiger partial charge on any atom is -0.467 e. The number of benzene rings is 3. The summed E-state index contributed by atoms with van der Waals surface area (Å²) >= 11 is 0. The van der Waals surface area contributed by atoms with Gasteiger partial charge in [0.05, 0.1) is 12.6 Å². The summed E-state index contributed by atoms with van der Waals surface area (Å²) in [6.07, 6.45) is 0. The van der Waals surface area contributed by atoms with E-state index in [1.54, 1.807) is 11.9 Å². The molecule has 42 heavy (non-hydrogen) atoms. The third-order valence-electron chi connectivity index (χ3n) is 8.56. The zero-order valence-electron chi connectivity index (χ0n) is 24.8. The Kier molecular flexibility index (Phi) is 8.64. The average Bonchev–Trinajstić information content (AvgIpc) is 3.83. The molecule has 5 rings (SSSR count). The molecule has 3 aromatic carbocycles. The maximum Gasteiger partial charge on any atom is 0.328 e. The normalized spacial score (nSPS) is 19.3. The van der Waals surface area contributed by atoms with Gasteiger partial charge in [-0.1, -0.05) is 105 Å². The van der Waals surface area contributed by atoms with Crippen molar-refractivity contribution in [1.82, 2.24) is 19.6 Å². The highest BCUT2D eigenvalue weighted by Gasteiger charge is 2.56. The van der Waals surface area contributed by atoms with Gasteiger partial charge in [-0.2, -0.15) is 0 Å². The molecule has 3 aromatic rings. The van der Waals surface area contributed by atoms with Gasteiger partial charge in [0.25, 0.3) is 0 Å². The first-order valence-electron chi connectivity index (χ1n) is 14.6. The number of rotatable bonds is 8. The maximum atomic E-state index is 14.0. The molecular weight excluding hydrogens is 528 g/mol. The lowest BCUT2D eigenvalue weighted by molar-refractivity contribution is -0.147. The number of urea groups is 1. The molecule has 2 saturated heterocycles. The van der Waals surface area contributed by atoms with Crippen LogP contribution in [0.4, 0.5) is 4.79 Å². The van der Waals surface area contributed by atoms with E-state index in [9.17, 15) is 14.4 Å². The molecule has 3 amide bonds. The third kappa shape index (κ3) is 5.39. The van der Waals surface area contributed by atoms with Gasteiger partial charge in [-0.25, -0.2) is 9.59 Å². The lowest BCUT2D eigenvalue weighted by atomic mass is 9.76. The number of likely N-dealkylation sites (N-methyl/N-ethyl adjacent to an activating group) is 1. The highest BCUT2D eigenvalue weighted by Crippen LogP contribution is 2.48. The average molecular weight is 569 g/mol. The highest BCUT2D eigenvalue weighted by atomic mass is 16.5. The molecule has 0 saturated carbocycles. The van der Waals surface area contributed by atoms with Crippen molar-refractivity contribution in [2.75, 3.05) is 46.9 Å². The van der Waals surface area contributed by atoms with Crippen LogP contribution in [0.3, 0.4) is 0 Å². The molecule has 2 aliphatic heterocycles. The third-order valence-corrected chi connectivity index (χ3v) is 8.56. The monoisotopic (exact) mass is 568 g/mol. The zero-order valence-corrected chi connectivity index (χ0v) is 24.8. The molecule has 0 aromatic heterocycles. The van der Waals surface area contributed by atoms with E-state index in [1.165, 1.54) is 12.0 Å². The minimum atomic E-state index is -0.663. The van der Waals surface area contributed by atoms with Gasteiger partial charge in [0.15, 0.2) is 0 Å². The number of hydrogen-bond donors (Lipinski definition) is 0. The van der Waals surface area contributed by atoms with Gasteiger partial charge in [-0.15, -0.1) is 0 Å². The fraction of sp³-hybridized carbons (Fsp3) is 0.382. The van der Waals surface area contributed by atoms with Crippen LogP contribution in [0.25, 0.3) is 0 Å². The van der Waals surface area contributed by atoms with Gasteiger partial charge in [0.2, 0.25) is 5.91 Å². The summed E-state index contributed by atoms with van der Waals surface area (Å²) in [6, 6.07) is 30.0.